The van der Waals surface area contributed by atoms with Crippen molar-refractivity contribution in [2.45, 2.75) is 52.4 Å². The second kappa shape index (κ2) is 9.43. The molecule has 1 aliphatic rings. The number of carbonyl (C=O) groups is 1. The quantitative estimate of drug-likeness (QED) is 0.754. The maximum absolute atomic E-state index is 12.0. The van der Waals surface area contributed by atoms with Crippen LogP contribution >= 0.6 is 0 Å². The van der Waals surface area contributed by atoms with Gasteiger partial charge in [0.05, 0.1) is 0 Å². The van der Waals surface area contributed by atoms with Crippen LogP contribution in [0.25, 0.3) is 0 Å². The number of nitrogens with one attached hydrogen (secondary N) is 1. The lowest BCUT2D eigenvalue weighted by Crippen LogP contribution is -2.29. The smallest absolute Gasteiger partial charge is 0.220 e. The molecule has 1 amide bonds. The number of fused-ring (bicyclic) bond motifs is 1. The van der Waals surface area contributed by atoms with Crippen molar-refractivity contribution in [3.63, 3.8) is 0 Å². The average molecular weight is 319 g/mol. The summed E-state index contributed by atoms with van der Waals surface area (Å²) in [5, 5.41) is 3.08. The Labute approximate surface area is 139 Å². The van der Waals surface area contributed by atoms with Gasteiger partial charge in [-0.1, -0.05) is 39.2 Å². The second-order valence-corrected chi connectivity index (χ2v) is 6.20. The van der Waals surface area contributed by atoms with Gasteiger partial charge in [-0.15, -0.1) is 0 Å². The molecule has 1 atom stereocenters. The first kappa shape index (κ1) is 17.6. The number of hydrogen-bond acceptors (Lipinski definition) is 3. The predicted octanol–water partition coefficient (Wildman–Crippen LogP) is 3.72. The molecular formula is C19H29NO3. The van der Waals surface area contributed by atoms with Gasteiger partial charge in [-0.05, 0) is 36.5 Å². The fourth-order valence-electron chi connectivity index (χ4n) is 2.79. The Morgan fingerprint density at radius 2 is 2.00 bits per heavy atom. The van der Waals surface area contributed by atoms with E-state index in [1.807, 2.05) is 18.2 Å². The molecule has 0 saturated carbocycles. The highest BCUT2D eigenvalue weighted by atomic mass is 16.6. The number of ether oxygens (including phenoxy) is 2. The van der Waals surface area contributed by atoms with Crippen LogP contribution in [-0.4, -0.2) is 25.7 Å². The monoisotopic (exact) mass is 319 g/mol. The summed E-state index contributed by atoms with van der Waals surface area (Å²) in [5.41, 5.74) is 1.11. The van der Waals surface area contributed by atoms with Gasteiger partial charge in [0.2, 0.25) is 5.91 Å². The highest BCUT2D eigenvalue weighted by Gasteiger charge is 2.13. The van der Waals surface area contributed by atoms with E-state index in [9.17, 15) is 4.79 Å². The van der Waals surface area contributed by atoms with E-state index in [2.05, 4.69) is 19.2 Å². The Balaban J connectivity index is 1.73. The molecule has 4 heteroatoms. The molecule has 1 heterocycles. The van der Waals surface area contributed by atoms with E-state index in [0.717, 1.165) is 36.4 Å². The van der Waals surface area contributed by atoms with E-state index in [0.29, 0.717) is 25.6 Å². The Morgan fingerprint density at radius 3 is 2.74 bits per heavy atom. The van der Waals surface area contributed by atoms with Crippen molar-refractivity contribution in [3.8, 4) is 11.5 Å². The van der Waals surface area contributed by atoms with E-state index < -0.39 is 0 Å². The lowest BCUT2D eigenvalue weighted by molar-refractivity contribution is -0.121. The van der Waals surface area contributed by atoms with Crippen molar-refractivity contribution in [3.05, 3.63) is 23.8 Å². The molecule has 128 valence electrons. The van der Waals surface area contributed by atoms with Crippen LogP contribution in [0.15, 0.2) is 18.2 Å². The Kier molecular flexibility index (Phi) is 7.24. The van der Waals surface area contributed by atoms with Crippen LogP contribution < -0.4 is 14.8 Å². The van der Waals surface area contributed by atoms with E-state index in [4.69, 9.17) is 9.47 Å². The van der Waals surface area contributed by atoms with Crippen LogP contribution in [0.1, 0.15) is 51.5 Å². The van der Waals surface area contributed by atoms with Crippen LogP contribution in [0.3, 0.4) is 0 Å². The predicted molar refractivity (Wildman–Crippen MR) is 92.1 cm³/mol. The summed E-state index contributed by atoms with van der Waals surface area (Å²) in [6.07, 6.45) is 6.04. The molecule has 1 aromatic carbocycles. The first-order chi connectivity index (χ1) is 11.2. The van der Waals surface area contributed by atoms with Crippen LogP contribution in [0.4, 0.5) is 0 Å². The maximum atomic E-state index is 12.0. The molecule has 1 N–H and O–H groups in total. The molecule has 0 unspecified atom stereocenters. The number of amides is 1. The van der Waals surface area contributed by atoms with Crippen molar-refractivity contribution < 1.29 is 14.3 Å². The summed E-state index contributed by atoms with van der Waals surface area (Å²) in [6, 6.07) is 5.92. The fourth-order valence-corrected chi connectivity index (χ4v) is 2.79. The van der Waals surface area contributed by atoms with Crippen LogP contribution in [-0.2, 0) is 11.2 Å². The van der Waals surface area contributed by atoms with Crippen LogP contribution in [0.5, 0.6) is 11.5 Å². The molecule has 0 fully saturated rings. The van der Waals surface area contributed by atoms with Gasteiger partial charge in [-0.25, -0.2) is 0 Å². The lowest BCUT2D eigenvalue weighted by Gasteiger charge is -2.19. The second-order valence-electron chi connectivity index (χ2n) is 6.20. The number of hydrogen-bond donors (Lipinski definition) is 1. The van der Waals surface area contributed by atoms with Gasteiger partial charge in [0, 0.05) is 13.0 Å². The Morgan fingerprint density at radius 1 is 1.22 bits per heavy atom. The average Bonchev–Trinajstić information content (AvgIpc) is 2.60. The van der Waals surface area contributed by atoms with Crippen LogP contribution in [0.2, 0.25) is 0 Å². The number of unbranched alkanes of at least 4 members (excludes halogenated alkanes) is 1. The molecular weight excluding hydrogens is 290 g/mol. The standard InChI is InChI=1S/C19H29NO3/c1-3-5-6-15(4-2)14-20-19(21)10-8-16-7-9-17-18(13-16)23-12-11-22-17/h7,9,13,15H,3-6,8,10-12,14H2,1-2H3,(H,20,21)/t15-/m0/s1. The first-order valence-corrected chi connectivity index (χ1v) is 8.88. The molecule has 1 aromatic rings. The molecule has 4 nitrogen and oxygen atoms in total. The Bertz CT molecular complexity index is 501. The van der Waals surface area contributed by atoms with Crippen molar-refractivity contribution in [1.82, 2.24) is 5.32 Å². The molecule has 0 bridgehead atoms. The van der Waals surface area contributed by atoms with Gasteiger partial charge in [0.1, 0.15) is 13.2 Å². The molecule has 2 rings (SSSR count). The third kappa shape index (κ3) is 5.77. The van der Waals surface area contributed by atoms with E-state index in [1.165, 1.54) is 19.3 Å². The summed E-state index contributed by atoms with van der Waals surface area (Å²) >= 11 is 0. The SMILES string of the molecule is CCCC[C@H](CC)CNC(=O)CCc1ccc2c(c1)OCCO2. The van der Waals surface area contributed by atoms with Gasteiger partial charge < -0.3 is 14.8 Å². The third-order valence-corrected chi connectivity index (χ3v) is 4.38. The van der Waals surface area contributed by atoms with Crippen molar-refractivity contribution in [1.29, 1.82) is 0 Å². The van der Waals surface area contributed by atoms with Crippen molar-refractivity contribution in [2.75, 3.05) is 19.8 Å². The zero-order valence-electron chi connectivity index (χ0n) is 14.4. The van der Waals surface area contributed by atoms with Gasteiger partial charge in [0.15, 0.2) is 11.5 Å². The minimum atomic E-state index is 0.134. The summed E-state index contributed by atoms with van der Waals surface area (Å²) in [7, 11) is 0. The summed E-state index contributed by atoms with van der Waals surface area (Å²) < 4.78 is 11.1. The molecule has 0 radical (unpaired) electrons. The summed E-state index contributed by atoms with van der Waals surface area (Å²) in [5.74, 6) is 2.33. The third-order valence-electron chi connectivity index (χ3n) is 4.38. The van der Waals surface area contributed by atoms with Crippen LogP contribution in [0, 0.1) is 5.92 Å². The lowest BCUT2D eigenvalue weighted by atomic mass is 9.99. The number of carbonyl (C=O) groups excluding carboxylic acids is 1. The minimum absolute atomic E-state index is 0.134. The van der Waals surface area contributed by atoms with E-state index >= 15 is 0 Å². The molecule has 0 aliphatic carbocycles. The number of benzene rings is 1. The topological polar surface area (TPSA) is 47.6 Å². The Hall–Kier alpha value is -1.71. The van der Waals surface area contributed by atoms with Gasteiger partial charge >= 0.3 is 0 Å². The number of aryl methyl sites for hydroxylation is 1. The zero-order valence-corrected chi connectivity index (χ0v) is 14.4. The van der Waals surface area contributed by atoms with Gasteiger partial charge in [-0.2, -0.15) is 0 Å². The van der Waals surface area contributed by atoms with Gasteiger partial charge in [0.25, 0.3) is 0 Å². The first-order valence-electron chi connectivity index (χ1n) is 8.88. The minimum Gasteiger partial charge on any atom is -0.486 e. The van der Waals surface area contributed by atoms with E-state index in [1.54, 1.807) is 0 Å². The summed E-state index contributed by atoms with van der Waals surface area (Å²) in [6.45, 7) is 6.40. The number of rotatable bonds is 9. The summed E-state index contributed by atoms with van der Waals surface area (Å²) in [4.78, 5) is 12.0. The zero-order chi connectivity index (χ0) is 16.5. The van der Waals surface area contributed by atoms with E-state index in [-0.39, 0.29) is 5.91 Å². The largest absolute Gasteiger partial charge is 0.486 e. The molecule has 1 aliphatic heterocycles. The highest BCUT2D eigenvalue weighted by Crippen LogP contribution is 2.31. The maximum Gasteiger partial charge on any atom is 0.220 e. The normalized spacial score (nSPS) is 14.3. The van der Waals surface area contributed by atoms with Gasteiger partial charge in [-0.3, -0.25) is 4.79 Å². The fraction of sp³-hybridized carbons (Fsp3) is 0.632. The highest BCUT2D eigenvalue weighted by molar-refractivity contribution is 5.76. The van der Waals surface area contributed by atoms with Crippen molar-refractivity contribution in [2.24, 2.45) is 5.92 Å². The molecule has 0 saturated heterocycles. The van der Waals surface area contributed by atoms with Crippen molar-refractivity contribution >= 4 is 5.91 Å². The molecule has 0 aromatic heterocycles. The molecule has 23 heavy (non-hydrogen) atoms. The molecule has 0 spiro atoms.